The minimum atomic E-state index is -1.26. The zero-order chi connectivity index (χ0) is 16.5. The summed E-state index contributed by atoms with van der Waals surface area (Å²) in [5.74, 6) is 0. The number of pyridine rings is 1. The number of aromatic nitrogens is 1. The maximum atomic E-state index is 14.8. The largest absolute Gasteiger partial charge is 0.262 e. The van der Waals surface area contributed by atoms with Crippen molar-refractivity contribution in [2.75, 3.05) is 0 Å². The summed E-state index contributed by atoms with van der Waals surface area (Å²) in [5, 5.41) is 0.701. The monoisotopic (exact) mass is 403 g/mol. The molecule has 1 heterocycles. The van der Waals surface area contributed by atoms with Crippen LogP contribution in [-0.4, -0.2) is 4.98 Å². The number of hydrogen-bond donors (Lipinski definition) is 0. The summed E-state index contributed by atoms with van der Waals surface area (Å²) in [5.41, 5.74) is 2.30. The van der Waals surface area contributed by atoms with E-state index in [0.717, 1.165) is 5.56 Å². The fourth-order valence-electron chi connectivity index (χ4n) is 2.17. The fourth-order valence-corrected chi connectivity index (χ4v) is 3.83. The number of hydrogen-bond acceptors (Lipinski definition) is 1. The Morgan fingerprint density at radius 3 is 2.00 bits per heavy atom. The number of nitrogens with zero attached hydrogens (tertiary/aromatic N) is 1. The van der Waals surface area contributed by atoms with Gasteiger partial charge in [-0.05, 0) is 16.5 Å². The molecule has 118 valence electrons. The van der Waals surface area contributed by atoms with Gasteiger partial charge in [0.25, 0.3) is 0 Å². The molecule has 22 heavy (non-hydrogen) atoms. The van der Waals surface area contributed by atoms with Gasteiger partial charge < -0.3 is 0 Å². The standard InChI is InChI=1S/C17H17BrCl2FN/c1-17(2,3)11-6-4-10(5-7-11)16(21)15(18)14-12(19)8-22-9-13(14)20/h4-9,15-16H,1-3H3. The molecule has 1 aromatic heterocycles. The van der Waals surface area contributed by atoms with Crippen LogP contribution < -0.4 is 0 Å². The molecule has 0 aliphatic heterocycles. The Bertz CT molecular complexity index is 632. The van der Waals surface area contributed by atoms with E-state index in [4.69, 9.17) is 23.2 Å². The first-order valence-electron chi connectivity index (χ1n) is 6.89. The predicted molar refractivity (Wildman–Crippen MR) is 94.9 cm³/mol. The number of halogens is 4. The third-order valence-electron chi connectivity index (χ3n) is 3.52. The molecule has 2 rings (SSSR count). The Labute approximate surface area is 149 Å². The molecule has 0 radical (unpaired) electrons. The van der Waals surface area contributed by atoms with Crippen molar-refractivity contribution in [1.29, 1.82) is 0 Å². The quantitative estimate of drug-likeness (QED) is 0.510. The van der Waals surface area contributed by atoms with Crippen molar-refractivity contribution in [3.8, 4) is 0 Å². The molecule has 0 saturated heterocycles. The van der Waals surface area contributed by atoms with Crippen LogP contribution in [0.1, 0.15) is 48.5 Å². The molecule has 1 aromatic carbocycles. The molecule has 0 aliphatic rings. The Hall–Kier alpha value is -0.640. The van der Waals surface area contributed by atoms with Crippen molar-refractivity contribution < 1.29 is 4.39 Å². The van der Waals surface area contributed by atoms with Crippen LogP contribution in [0.2, 0.25) is 10.0 Å². The lowest BCUT2D eigenvalue weighted by Crippen LogP contribution is -2.11. The van der Waals surface area contributed by atoms with Gasteiger partial charge in [0.1, 0.15) is 6.17 Å². The normalized spacial score (nSPS) is 14.7. The van der Waals surface area contributed by atoms with Crippen LogP contribution in [0.15, 0.2) is 36.7 Å². The lowest BCUT2D eigenvalue weighted by molar-refractivity contribution is 0.340. The lowest BCUT2D eigenvalue weighted by Gasteiger charge is -2.21. The van der Waals surface area contributed by atoms with Crippen LogP contribution in [-0.2, 0) is 5.41 Å². The molecule has 1 nitrogen and oxygen atoms in total. The minimum Gasteiger partial charge on any atom is -0.262 e. The van der Waals surface area contributed by atoms with Crippen LogP contribution in [0.5, 0.6) is 0 Å². The highest BCUT2D eigenvalue weighted by atomic mass is 79.9. The van der Waals surface area contributed by atoms with E-state index in [2.05, 4.69) is 41.7 Å². The van der Waals surface area contributed by atoms with Crippen LogP contribution in [0, 0.1) is 0 Å². The second-order valence-electron chi connectivity index (χ2n) is 6.19. The van der Waals surface area contributed by atoms with Gasteiger partial charge in [-0.1, -0.05) is 84.2 Å². The van der Waals surface area contributed by atoms with Crippen molar-refractivity contribution in [2.45, 2.75) is 37.2 Å². The third kappa shape index (κ3) is 3.81. The van der Waals surface area contributed by atoms with E-state index in [9.17, 15) is 4.39 Å². The average molecular weight is 405 g/mol. The van der Waals surface area contributed by atoms with Gasteiger partial charge in [-0.2, -0.15) is 0 Å². The van der Waals surface area contributed by atoms with E-state index in [1.807, 2.05) is 24.3 Å². The number of rotatable bonds is 3. The molecule has 5 heteroatoms. The van der Waals surface area contributed by atoms with Gasteiger partial charge in [0, 0.05) is 18.0 Å². The average Bonchev–Trinajstić information content (AvgIpc) is 2.45. The summed E-state index contributed by atoms with van der Waals surface area (Å²) >= 11 is 15.6. The molecule has 2 atom stereocenters. The Morgan fingerprint density at radius 1 is 1.05 bits per heavy atom. The van der Waals surface area contributed by atoms with Gasteiger partial charge in [0.15, 0.2) is 0 Å². The van der Waals surface area contributed by atoms with Gasteiger partial charge in [-0.25, -0.2) is 4.39 Å². The second-order valence-corrected chi connectivity index (χ2v) is 7.99. The second kappa shape index (κ2) is 6.86. The first-order chi connectivity index (χ1) is 10.2. The first kappa shape index (κ1) is 17.7. The van der Waals surface area contributed by atoms with E-state index in [1.165, 1.54) is 12.4 Å². The molecular weight excluding hydrogens is 388 g/mol. The van der Waals surface area contributed by atoms with Crippen molar-refractivity contribution >= 4 is 39.1 Å². The van der Waals surface area contributed by atoms with Gasteiger partial charge in [0.05, 0.1) is 14.9 Å². The van der Waals surface area contributed by atoms with Crippen molar-refractivity contribution in [3.05, 3.63) is 63.4 Å². The summed E-state index contributed by atoms with van der Waals surface area (Å²) in [6.07, 6.45) is 1.67. The molecule has 0 spiro atoms. The SMILES string of the molecule is CC(C)(C)c1ccc(C(F)C(Br)c2c(Cl)cncc2Cl)cc1. The summed E-state index contributed by atoms with van der Waals surface area (Å²) in [6.45, 7) is 6.37. The molecule has 2 unspecified atom stereocenters. The number of benzene rings is 1. The van der Waals surface area contributed by atoms with Gasteiger partial charge in [-0.3, -0.25) is 4.98 Å². The molecule has 0 bridgehead atoms. The third-order valence-corrected chi connectivity index (χ3v) is 5.04. The molecule has 0 fully saturated rings. The molecule has 0 saturated carbocycles. The fraction of sp³-hybridized carbons (Fsp3) is 0.353. The molecule has 0 N–H and O–H groups in total. The van der Waals surface area contributed by atoms with Crippen LogP contribution in [0.4, 0.5) is 4.39 Å². The minimum absolute atomic E-state index is 0.0376. The summed E-state index contributed by atoms with van der Waals surface area (Å²) < 4.78 is 14.8. The van der Waals surface area contributed by atoms with Crippen LogP contribution in [0.25, 0.3) is 0 Å². The van der Waals surface area contributed by atoms with Crippen molar-refractivity contribution in [3.63, 3.8) is 0 Å². The molecule has 2 aromatic rings. The Kier molecular flexibility index (Phi) is 5.52. The van der Waals surface area contributed by atoms with Crippen LogP contribution >= 0.6 is 39.1 Å². The zero-order valence-corrected chi connectivity index (χ0v) is 15.7. The highest BCUT2D eigenvalue weighted by Gasteiger charge is 2.26. The van der Waals surface area contributed by atoms with E-state index in [-0.39, 0.29) is 5.41 Å². The molecular formula is C17H17BrCl2FN. The van der Waals surface area contributed by atoms with E-state index >= 15 is 0 Å². The van der Waals surface area contributed by atoms with Gasteiger partial charge >= 0.3 is 0 Å². The maximum Gasteiger partial charge on any atom is 0.142 e. The Balaban J connectivity index is 2.29. The summed E-state index contributed by atoms with van der Waals surface area (Å²) in [7, 11) is 0. The predicted octanol–water partition coefficient (Wildman–Crippen LogP) is 6.83. The van der Waals surface area contributed by atoms with E-state index in [0.29, 0.717) is 21.2 Å². The Morgan fingerprint density at radius 2 is 1.55 bits per heavy atom. The first-order valence-corrected chi connectivity index (χ1v) is 8.56. The van der Waals surface area contributed by atoms with Gasteiger partial charge in [0.2, 0.25) is 0 Å². The van der Waals surface area contributed by atoms with Crippen molar-refractivity contribution in [1.82, 2.24) is 4.98 Å². The highest BCUT2D eigenvalue weighted by molar-refractivity contribution is 9.09. The van der Waals surface area contributed by atoms with Gasteiger partial charge in [-0.15, -0.1) is 0 Å². The lowest BCUT2D eigenvalue weighted by atomic mass is 9.86. The van der Waals surface area contributed by atoms with E-state index < -0.39 is 11.0 Å². The molecule has 0 amide bonds. The highest BCUT2D eigenvalue weighted by Crippen LogP contribution is 2.44. The zero-order valence-electron chi connectivity index (χ0n) is 12.6. The number of alkyl halides is 2. The topological polar surface area (TPSA) is 12.9 Å². The summed E-state index contributed by atoms with van der Waals surface area (Å²) in [6, 6.07) is 7.53. The van der Waals surface area contributed by atoms with Crippen LogP contribution in [0.3, 0.4) is 0 Å². The smallest absolute Gasteiger partial charge is 0.142 e. The maximum absolute atomic E-state index is 14.8. The molecule has 0 aliphatic carbocycles. The summed E-state index contributed by atoms with van der Waals surface area (Å²) in [4.78, 5) is 3.26. The van der Waals surface area contributed by atoms with Crippen molar-refractivity contribution in [2.24, 2.45) is 0 Å². The van der Waals surface area contributed by atoms with E-state index in [1.54, 1.807) is 0 Å².